The number of thiophene rings is 1. The summed E-state index contributed by atoms with van der Waals surface area (Å²) >= 11 is 1.74. The van der Waals surface area contributed by atoms with Crippen molar-refractivity contribution in [3.05, 3.63) is 113 Å². The van der Waals surface area contributed by atoms with Crippen molar-refractivity contribution in [2.45, 2.75) is 18.8 Å². The molecule has 150 valence electrons. The van der Waals surface area contributed by atoms with Crippen LogP contribution in [0.25, 0.3) is 16.8 Å². The highest BCUT2D eigenvalue weighted by molar-refractivity contribution is 7.10. The normalized spacial score (nSPS) is 13.5. The quantitative estimate of drug-likeness (QED) is 0.298. The van der Waals surface area contributed by atoms with E-state index in [9.17, 15) is 0 Å². The number of nitrogens with zero attached hydrogens (tertiary/aromatic N) is 1. The summed E-state index contributed by atoms with van der Waals surface area (Å²) in [6, 6.07) is 23.4. The first-order chi connectivity index (χ1) is 14.6. The maximum absolute atomic E-state index is 4.64. The topological polar surface area (TPSA) is 29.5 Å². The lowest BCUT2D eigenvalue weighted by atomic mass is 9.70. The molecule has 1 atom stereocenters. The average molecular weight is 412 g/mol. The van der Waals surface area contributed by atoms with Gasteiger partial charge in [-0.3, -0.25) is 4.98 Å². The summed E-state index contributed by atoms with van der Waals surface area (Å²) in [7, 11) is 2.11. The summed E-state index contributed by atoms with van der Waals surface area (Å²) in [5, 5.41) is 6.83. The van der Waals surface area contributed by atoms with Gasteiger partial charge in [-0.05, 0) is 58.1 Å². The molecule has 0 aliphatic carbocycles. The van der Waals surface area contributed by atoms with Crippen LogP contribution in [0.2, 0.25) is 0 Å². The van der Waals surface area contributed by atoms with E-state index in [1.807, 2.05) is 12.3 Å². The van der Waals surface area contributed by atoms with Crippen LogP contribution in [0.15, 0.2) is 96.5 Å². The van der Waals surface area contributed by atoms with Gasteiger partial charge in [0.25, 0.3) is 0 Å². The summed E-state index contributed by atoms with van der Waals surface area (Å²) in [5.74, 6) is 0. The van der Waals surface area contributed by atoms with Gasteiger partial charge in [-0.1, -0.05) is 56.0 Å². The van der Waals surface area contributed by atoms with Crippen LogP contribution in [0.4, 0.5) is 5.69 Å². The van der Waals surface area contributed by atoms with E-state index in [4.69, 9.17) is 0 Å². The second kappa shape index (κ2) is 8.78. The molecule has 0 radical (unpaired) electrons. The number of hydrogen-bond acceptors (Lipinski definition) is 2. The molecule has 30 heavy (non-hydrogen) atoms. The van der Waals surface area contributed by atoms with Crippen LogP contribution in [-0.2, 0) is 11.8 Å². The molecular weight excluding hydrogens is 384 g/mol. The van der Waals surface area contributed by atoms with Crippen molar-refractivity contribution in [3.63, 3.8) is 0 Å². The highest BCUT2D eigenvalue weighted by Gasteiger charge is 2.35. The van der Waals surface area contributed by atoms with Crippen molar-refractivity contribution in [3.8, 4) is 0 Å². The molecule has 0 saturated carbocycles. The van der Waals surface area contributed by atoms with E-state index in [1.54, 1.807) is 11.3 Å². The molecule has 1 unspecified atom stereocenters. The third-order valence-electron chi connectivity index (χ3n) is 5.79. The van der Waals surface area contributed by atoms with Crippen molar-refractivity contribution < 1.29 is 5.32 Å². The zero-order chi connectivity index (χ0) is 21.0. The molecule has 0 bridgehead atoms. The molecule has 0 amide bonds. The Hall–Kier alpha value is -3.01. The number of allylic oxidation sites excluding steroid dienone is 2. The van der Waals surface area contributed by atoms with E-state index in [0.29, 0.717) is 0 Å². The van der Waals surface area contributed by atoms with Gasteiger partial charge in [-0.25, -0.2) is 0 Å². The first-order valence-electron chi connectivity index (χ1n) is 10.2. The lowest BCUT2D eigenvalue weighted by Crippen LogP contribution is -2.73. The minimum atomic E-state index is -0.301. The summed E-state index contributed by atoms with van der Waals surface area (Å²) in [5.41, 5.74) is 4.42. The molecule has 3 heteroatoms. The Morgan fingerprint density at radius 3 is 2.63 bits per heavy atom. The first-order valence-corrected chi connectivity index (χ1v) is 11.1. The average Bonchev–Trinajstić information content (AvgIpc) is 3.31. The van der Waals surface area contributed by atoms with Gasteiger partial charge >= 0.3 is 0 Å². The Morgan fingerprint density at radius 2 is 1.90 bits per heavy atom. The van der Waals surface area contributed by atoms with Gasteiger partial charge in [-0.15, -0.1) is 11.3 Å². The van der Waals surface area contributed by atoms with Gasteiger partial charge in [0.15, 0.2) is 0 Å². The second-order valence-electron chi connectivity index (χ2n) is 7.74. The Morgan fingerprint density at radius 1 is 1.07 bits per heavy atom. The molecule has 4 aromatic rings. The molecule has 2 heterocycles. The van der Waals surface area contributed by atoms with Crippen LogP contribution in [0.3, 0.4) is 0 Å². The largest absolute Gasteiger partial charge is 0.316 e. The number of pyridine rings is 1. The molecule has 2 aromatic carbocycles. The highest BCUT2D eigenvalue weighted by atomic mass is 32.1. The number of nitrogens with two attached hydrogens (primary N) is 1. The van der Waals surface area contributed by atoms with Crippen LogP contribution < -0.4 is 5.32 Å². The Kier molecular flexibility index (Phi) is 5.93. The minimum Gasteiger partial charge on any atom is -0.316 e. The van der Waals surface area contributed by atoms with E-state index in [0.717, 1.165) is 17.7 Å². The monoisotopic (exact) mass is 411 g/mol. The second-order valence-corrected chi connectivity index (χ2v) is 8.72. The third kappa shape index (κ3) is 4.00. The van der Waals surface area contributed by atoms with Crippen molar-refractivity contribution in [2.24, 2.45) is 0 Å². The summed E-state index contributed by atoms with van der Waals surface area (Å²) in [4.78, 5) is 5.88. The number of benzene rings is 2. The first kappa shape index (κ1) is 20.3. The predicted molar refractivity (Wildman–Crippen MR) is 129 cm³/mol. The number of aromatic nitrogens is 1. The van der Waals surface area contributed by atoms with Gasteiger partial charge < -0.3 is 5.32 Å². The molecule has 2 N–H and O–H groups in total. The maximum atomic E-state index is 4.64. The molecule has 0 spiro atoms. The van der Waals surface area contributed by atoms with E-state index in [-0.39, 0.29) is 5.41 Å². The van der Waals surface area contributed by atoms with Gasteiger partial charge in [0.1, 0.15) is 5.69 Å². The molecule has 2 aromatic heterocycles. The zero-order valence-corrected chi connectivity index (χ0v) is 18.3. The van der Waals surface area contributed by atoms with E-state index >= 15 is 0 Å². The highest BCUT2D eigenvalue weighted by Crippen LogP contribution is 2.42. The lowest BCUT2D eigenvalue weighted by molar-refractivity contribution is -0.540. The van der Waals surface area contributed by atoms with Crippen LogP contribution in [0.5, 0.6) is 0 Å². The number of quaternary nitrogens is 1. The van der Waals surface area contributed by atoms with Crippen LogP contribution in [0, 0.1) is 0 Å². The summed E-state index contributed by atoms with van der Waals surface area (Å²) in [6.07, 6.45) is 7.01. The lowest BCUT2D eigenvalue weighted by Gasteiger charge is -2.33. The Labute approximate surface area is 182 Å². The molecule has 2 nitrogen and oxygen atoms in total. The fourth-order valence-corrected chi connectivity index (χ4v) is 4.74. The third-order valence-corrected chi connectivity index (χ3v) is 6.62. The van der Waals surface area contributed by atoms with Crippen molar-refractivity contribution >= 4 is 33.9 Å². The Balaban J connectivity index is 1.89. The predicted octanol–water partition coefficient (Wildman–Crippen LogP) is 5.89. The SMILES string of the molecule is C=C(/C=C/c1cccs1)C(C)(Cc1ccccn1)c1c([NH2+]C)ccc2ccccc12. The van der Waals surface area contributed by atoms with E-state index < -0.39 is 0 Å². The number of fused-ring (bicyclic) bond motifs is 1. The van der Waals surface area contributed by atoms with Crippen molar-refractivity contribution in [1.82, 2.24) is 4.98 Å². The zero-order valence-electron chi connectivity index (χ0n) is 17.5. The van der Waals surface area contributed by atoms with Crippen LogP contribution in [-0.4, -0.2) is 12.0 Å². The Bertz CT molecular complexity index is 1180. The number of hydrogen-bond donors (Lipinski definition) is 1. The molecule has 0 saturated heterocycles. The molecule has 0 fully saturated rings. The standard InChI is InChI=1S/C27H26N2S/c1-20(13-15-23-11-8-18-30-23)27(2,19-22-10-6-7-17-29-22)26-24-12-5-4-9-21(24)14-16-25(26)28-3/h4-18,28H,1,19H2,2-3H3/p+1/b15-13+. The number of rotatable bonds is 7. The smallest absolute Gasteiger partial charge is 0.134 e. The molecule has 0 aliphatic heterocycles. The maximum Gasteiger partial charge on any atom is 0.134 e. The van der Waals surface area contributed by atoms with Gasteiger partial charge in [0, 0.05) is 34.2 Å². The van der Waals surface area contributed by atoms with Crippen molar-refractivity contribution in [1.29, 1.82) is 0 Å². The molecule has 0 aliphatic rings. The van der Waals surface area contributed by atoms with E-state index in [2.05, 4.69) is 109 Å². The summed E-state index contributed by atoms with van der Waals surface area (Å²) < 4.78 is 0. The van der Waals surface area contributed by atoms with Gasteiger partial charge in [0.05, 0.1) is 7.05 Å². The van der Waals surface area contributed by atoms with Gasteiger partial charge in [-0.2, -0.15) is 0 Å². The molecule has 4 rings (SSSR count). The van der Waals surface area contributed by atoms with Crippen LogP contribution >= 0.6 is 11.3 Å². The fourth-order valence-electron chi connectivity index (χ4n) is 4.12. The van der Waals surface area contributed by atoms with Crippen molar-refractivity contribution in [2.75, 3.05) is 7.05 Å². The minimum absolute atomic E-state index is 0.301. The molecular formula is C27H27N2S+. The van der Waals surface area contributed by atoms with Gasteiger partial charge in [0.2, 0.25) is 0 Å². The van der Waals surface area contributed by atoms with Crippen LogP contribution in [0.1, 0.15) is 23.1 Å². The summed E-state index contributed by atoms with van der Waals surface area (Å²) in [6.45, 7) is 6.86. The van der Waals surface area contributed by atoms with E-state index in [1.165, 1.54) is 26.9 Å². The fraction of sp³-hybridized carbons (Fsp3) is 0.148.